The molecule has 1 nitrogen and oxygen atoms in total. The molecule has 1 N–H and O–H groups in total. The van der Waals surface area contributed by atoms with Crippen LogP contribution in [-0.2, 0) is 0 Å². The van der Waals surface area contributed by atoms with Crippen LogP contribution in [0.4, 0.5) is 0 Å². The highest BCUT2D eigenvalue weighted by Gasteiger charge is 2.14. The van der Waals surface area contributed by atoms with Crippen molar-refractivity contribution in [1.82, 2.24) is 5.32 Å². The van der Waals surface area contributed by atoms with Crippen molar-refractivity contribution >= 4 is 0 Å². The fraction of sp³-hybridized carbons (Fsp3) is 1.00. The van der Waals surface area contributed by atoms with Crippen LogP contribution in [0, 0.1) is 5.92 Å². The molecule has 13 heavy (non-hydrogen) atoms. The topological polar surface area (TPSA) is 12.0 Å². The first kappa shape index (κ1) is 15.4. The minimum Gasteiger partial charge on any atom is -0.317 e. The van der Waals surface area contributed by atoms with Crippen LogP contribution >= 0.6 is 0 Å². The first-order valence-corrected chi connectivity index (χ1v) is 5.97. The lowest BCUT2D eigenvalue weighted by atomic mass is 9.91. The lowest BCUT2D eigenvalue weighted by molar-refractivity contribution is 0.330. The number of rotatable bonds is 6. The van der Waals surface area contributed by atoms with Crippen LogP contribution in [-0.4, -0.2) is 13.1 Å². The Morgan fingerprint density at radius 1 is 1.00 bits per heavy atom. The third kappa shape index (κ3) is 7.06. The summed E-state index contributed by atoms with van der Waals surface area (Å²) < 4.78 is 0. The Hall–Kier alpha value is -0.0400. The van der Waals surface area contributed by atoms with E-state index in [4.69, 9.17) is 0 Å². The second kappa shape index (κ2) is 12.0. The summed E-state index contributed by atoms with van der Waals surface area (Å²) in [5.41, 5.74) is 0. The molecule has 0 radical (unpaired) electrons. The van der Waals surface area contributed by atoms with Gasteiger partial charge >= 0.3 is 0 Å². The average molecular weight is 187 g/mol. The van der Waals surface area contributed by atoms with E-state index in [2.05, 4.69) is 33.1 Å². The van der Waals surface area contributed by atoms with Crippen LogP contribution in [0.15, 0.2) is 0 Å². The summed E-state index contributed by atoms with van der Waals surface area (Å²) >= 11 is 0. The van der Waals surface area contributed by atoms with Gasteiger partial charge in [-0.1, -0.05) is 47.5 Å². The van der Waals surface area contributed by atoms with Crippen molar-refractivity contribution in [2.24, 2.45) is 5.92 Å². The van der Waals surface area contributed by atoms with Gasteiger partial charge in [-0.15, -0.1) is 0 Å². The lowest BCUT2D eigenvalue weighted by Gasteiger charge is -2.24. The first-order valence-electron chi connectivity index (χ1n) is 5.97. The van der Waals surface area contributed by atoms with E-state index in [1.807, 2.05) is 13.8 Å². The van der Waals surface area contributed by atoms with Gasteiger partial charge < -0.3 is 5.32 Å². The zero-order valence-corrected chi connectivity index (χ0v) is 10.5. The van der Waals surface area contributed by atoms with Gasteiger partial charge in [0.1, 0.15) is 0 Å². The molecule has 0 aliphatic carbocycles. The van der Waals surface area contributed by atoms with Crippen LogP contribution < -0.4 is 5.32 Å². The molecule has 0 heterocycles. The molecule has 0 rings (SSSR count). The number of hydrogen-bond acceptors (Lipinski definition) is 1. The molecule has 2 atom stereocenters. The van der Waals surface area contributed by atoms with Gasteiger partial charge in [-0.2, -0.15) is 0 Å². The van der Waals surface area contributed by atoms with Gasteiger partial charge in [0.15, 0.2) is 0 Å². The molecule has 0 aromatic heterocycles. The first-order chi connectivity index (χ1) is 6.29. The fourth-order valence-corrected chi connectivity index (χ4v) is 1.83. The molecule has 0 fully saturated rings. The maximum Gasteiger partial charge on any atom is 0.00895 e. The molecule has 0 bridgehead atoms. The average Bonchev–Trinajstić information content (AvgIpc) is 2.21. The Kier molecular flexibility index (Phi) is 14.2. The Labute approximate surface area is 85.3 Å². The predicted octanol–water partition coefficient (Wildman–Crippen LogP) is 3.84. The van der Waals surface area contributed by atoms with Crippen LogP contribution in [0.25, 0.3) is 0 Å². The summed E-state index contributed by atoms with van der Waals surface area (Å²) in [6, 6.07) is 0.736. The summed E-state index contributed by atoms with van der Waals surface area (Å²) in [5, 5.41) is 3.39. The molecular weight excluding hydrogens is 158 g/mol. The van der Waals surface area contributed by atoms with E-state index in [0.29, 0.717) is 0 Å². The molecule has 0 aromatic rings. The Morgan fingerprint density at radius 2 is 1.54 bits per heavy atom. The van der Waals surface area contributed by atoms with E-state index in [-0.39, 0.29) is 0 Å². The minimum absolute atomic E-state index is 0.736. The van der Waals surface area contributed by atoms with Crippen LogP contribution in [0.5, 0.6) is 0 Å². The summed E-state index contributed by atoms with van der Waals surface area (Å²) in [4.78, 5) is 0. The normalized spacial score (nSPS) is 14.3. The standard InChI is InChI=1S/C10H23N.C2H6/c1-5-8-9(6-2)10(7-3)11-4;1-2/h9-11H,5-8H2,1-4H3;1-2H3. The van der Waals surface area contributed by atoms with E-state index in [0.717, 1.165) is 12.0 Å². The Balaban J connectivity index is 0. The van der Waals surface area contributed by atoms with Crippen molar-refractivity contribution < 1.29 is 0 Å². The summed E-state index contributed by atoms with van der Waals surface area (Å²) in [7, 11) is 2.08. The SMILES string of the molecule is CC.CCCC(CC)C(CC)NC. The quantitative estimate of drug-likeness (QED) is 0.666. The Morgan fingerprint density at radius 3 is 1.77 bits per heavy atom. The van der Waals surface area contributed by atoms with Gasteiger partial charge in [0, 0.05) is 6.04 Å². The van der Waals surface area contributed by atoms with Gasteiger partial charge in [-0.05, 0) is 25.8 Å². The number of nitrogens with one attached hydrogen (secondary N) is 1. The molecule has 0 aliphatic heterocycles. The van der Waals surface area contributed by atoms with Crippen molar-refractivity contribution in [2.45, 2.75) is 66.3 Å². The van der Waals surface area contributed by atoms with Gasteiger partial charge in [-0.25, -0.2) is 0 Å². The van der Waals surface area contributed by atoms with E-state index in [1.165, 1.54) is 25.7 Å². The highest BCUT2D eigenvalue weighted by Crippen LogP contribution is 2.17. The zero-order chi connectivity index (χ0) is 10.7. The summed E-state index contributed by atoms with van der Waals surface area (Å²) in [5.74, 6) is 0.884. The van der Waals surface area contributed by atoms with E-state index in [1.54, 1.807) is 0 Å². The van der Waals surface area contributed by atoms with Crippen LogP contribution in [0.1, 0.15) is 60.3 Å². The van der Waals surface area contributed by atoms with Crippen molar-refractivity contribution in [2.75, 3.05) is 7.05 Å². The summed E-state index contributed by atoms with van der Waals surface area (Å²) in [6.45, 7) is 10.8. The van der Waals surface area contributed by atoms with Gasteiger partial charge in [0.25, 0.3) is 0 Å². The lowest BCUT2D eigenvalue weighted by Crippen LogP contribution is -2.32. The molecule has 0 saturated carbocycles. The van der Waals surface area contributed by atoms with E-state index < -0.39 is 0 Å². The van der Waals surface area contributed by atoms with Crippen molar-refractivity contribution in [1.29, 1.82) is 0 Å². The minimum atomic E-state index is 0.736. The molecule has 0 aromatic carbocycles. The Bertz CT molecular complexity index is 77.2. The second-order valence-corrected chi connectivity index (χ2v) is 3.26. The second-order valence-electron chi connectivity index (χ2n) is 3.26. The van der Waals surface area contributed by atoms with Crippen LogP contribution in [0.3, 0.4) is 0 Å². The van der Waals surface area contributed by atoms with Gasteiger partial charge in [0.2, 0.25) is 0 Å². The smallest absolute Gasteiger partial charge is 0.00895 e. The fourth-order valence-electron chi connectivity index (χ4n) is 1.83. The maximum absolute atomic E-state index is 3.39. The predicted molar refractivity (Wildman–Crippen MR) is 63.2 cm³/mol. The molecule has 0 saturated heterocycles. The number of hydrogen-bond donors (Lipinski definition) is 1. The highest BCUT2D eigenvalue weighted by molar-refractivity contribution is 4.71. The third-order valence-corrected chi connectivity index (χ3v) is 2.56. The zero-order valence-electron chi connectivity index (χ0n) is 10.5. The van der Waals surface area contributed by atoms with Gasteiger partial charge in [0.05, 0.1) is 0 Å². The monoisotopic (exact) mass is 187 g/mol. The molecule has 82 valence electrons. The maximum atomic E-state index is 3.39. The molecular formula is C12H29N. The van der Waals surface area contributed by atoms with Crippen molar-refractivity contribution in [3.63, 3.8) is 0 Å². The third-order valence-electron chi connectivity index (χ3n) is 2.56. The molecule has 2 unspecified atom stereocenters. The van der Waals surface area contributed by atoms with E-state index >= 15 is 0 Å². The highest BCUT2D eigenvalue weighted by atomic mass is 14.9. The molecule has 0 spiro atoms. The largest absolute Gasteiger partial charge is 0.317 e. The molecule has 0 aliphatic rings. The van der Waals surface area contributed by atoms with Crippen molar-refractivity contribution in [3.05, 3.63) is 0 Å². The van der Waals surface area contributed by atoms with Crippen molar-refractivity contribution in [3.8, 4) is 0 Å². The van der Waals surface area contributed by atoms with Gasteiger partial charge in [-0.3, -0.25) is 0 Å². The van der Waals surface area contributed by atoms with E-state index in [9.17, 15) is 0 Å². The summed E-state index contributed by atoms with van der Waals surface area (Å²) in [6.07, 6.45) is 5.26. The molecule has 0 amide bonds. The van der Waals surface area contributed by atoms with Crippen LogP contribution in [0.2, 0.25) is 0 Å². The molecule has 1 heteroatoms.